The van der Waals surface area contributed by atoms with E-state index in [2.05, 4.69) is 10.5 Å². The number of anilines is 1. The molecule has 31 heavy (non-hydrogen) atoms. The number of hydrogen-bond donors (Lipinski definition) is 1. The number of fused-ring (bicyclic) bond motifs is 4. The SMILES string of the molecule is O=[N+]([O-])c1ccc(N/N=C2\CCCc3oc4cc5c(cc4c32)OCCO5)c([N+](=O)[O-])c1. The molecule has 11 nitrogen and oxygen atoms in total. The molecule has 3 aromatic rings. The molecule has 1 aliphatic carbocycles. The maximum atomic E-state index is 11.4. The van der Waals surface area contributed by atoms with Crippen molar-refractivity contribution in [3.8, 4) is 11.5 Å². The summed E-state index contributed by atoms with van der Waals surface area (Å²) in [6, 6.07) is 7.04. The van der Waals surface area contributed by atoms with Gasteiger partial charge in [0.15, 0.2) is 11.5 Å². The van der Waals surface area contributed by atoms with Crippen molar-refractivity contribution in [1.82, 2.24) is 0 Å². The van der Waals surface area contributed by atoms with Crippen LogP contribution in [0.1, 0.15) is 24.2 Å². The Kier molecular flexibility index (Phi) is 4.42. The first kappa shape index (κ1) is 18.9. The van der Waals surface area contributed by atoms with E-state index in [1.807, 2.05) is 6.07 Å². The van der Waals surface area contributed by atoms with Crippen LogP contribution in [0.4, 0.5) is 17.1 Å². The Morgan fingerprint density at radius 3 is 2.48 bits per heavy atom. The fraction of sp³-hybridized carbons (Fsp3) is 0.250. The van der Waals surface area contributed by atoms with Crippen molar-refractivity contribution in [2.24, 2.45) is 5.10 Å². The van der Waals surface area contributed by atoms with E-state index in [0.717, 1.165) is 35.6 Å². The standard InChI is InChI=1S/C20H16N4O7/c25-23(26)11-4-5-13(15(8-11)24(27)28)21-22-14-2-1-3-16-20(14)12-9-18-19(10-17(12)31-16)30-7-6-29-18/h4-5,8-10,21H,1-3,6-7H2/b22-14+. The van der Waals surface area contributed by atoms with Gasteiger partial charge >= 0.3 is 5.69 Å². The first-order valence-electron chi connectivity index (χ1n) is 9.62. The van der Waals surface area contributed by atoms with Gasteiger partial charge in [0.25, 0.3) is 5.69 Å². The second-order valence-corrected chi connectivity index (χ2v) is 7.13. The molecule has 1 aromatic heterocycles. The lowest BCUT2D eigenvalue weighted by Gasteiger charge is -2.18. The minimum Gasteiger partial charge on any atom is -0.486 e. The number of nitrogens with zero attached hydrogens (tertiary/aromatic N) is 3. The van der Waals surface area contributed by atoms with Crippen molar-refractivity contribution >= 4 is 33.7 Å². The van der Waals surface area contributed by atoms with Gasteiger partial charge in [0, 0.05) is 29.5 Å². The van der Waals surface area contributed by atoms with Gasteiger partial charge in [0.05, 0.1) is 21.6 Å². The summed E-state index contributed by atoms with van der Waals surface area (Å²) in [6.07, 6.45) is 2.19. The van der Waals surface area contributed by atoms with E-state index in [4.69, 9.17) is 13.9 Å². The van der Waals surface area contributed by atoms with E-state index in [1.165, 1.54) is 12.1 Å². The molecule has 0 radical (unpaired) electrons. The zero-order valence-electron chi connectivity index (χ0n) is 16.1. The number of benzene rings is 2. The molecule has 0 bridgehead atoms. The van der Waals surface area contributed by atoms with Crippen LogP contribution in [-0.4, -0.2) is 28.8 Å². The molecular formula is C20H16N4O7. The fourth-order valence-corrected chi connectivity index (χ4v) is 3.84. The molecule has 1 N–H and O–H groups in total. The number of nitrogens with one attached hydrogen (secondary N) is 1. The second kappa shape index (κ2) is 7.27. The van der Waals surface area contributed by atoms with Crippen LogP contribution in [0.3, 0.4) is 0 Å². The lowest BCUT2D eigenvalue weighted by molar-refractivity contribution is -0.393. The Labute approximate surface area is 174 Å². The van der Waals surface area contributed by atoms with Gasteiger partial charge in [-0.1, -0.05) is 0 Å². The third-order valence-electron chi connectivity index (χ3n) is 5.23. The lowest BCUT2D eigenvalue weighted by Crippen LogP contribution is -2.15. The van der Waals surface area contributed by atoms with Crippen LogP contribution >= 0.6 is 0 Å². The predicted molar refractivity (Wildman–Crippen MR) is 110 cm³/mol. The Bertz CT molecular complexity index is 1260. The van der Waals surface area contributed by atoms with Gasteiger partial charge in [-0.05, 0) is 25.0 Å². The third kappa shape index (κ3) is 3.29. The van der Waals surface area contributed by atoms with Crippen molar-refractivity contribution in [3.63, 3.8) is 0 Å². The summed E-state index contributed by atoms with van der Waals surface area (Å²) in [5, 5.41) is 27.5. The van der Waals surface area contributed by atoms with Crippen molar-refractivity contribution in [2.75, 3.05) is 18.6 Å². The normalized spacial score (nSPS) is 16.2. The smallest absolute Gasteiger partial charge is 0.301 e. The molecule has 0 fully saturated rings. The maximum Gasteiger partial charge on any atom is 0.301 e. The Morgan fingerprint density at radius 1 is 0.968 bits per heavy atom. The van der Waals surface area contributed by atoms with Gasteiger partial charge in [0.1, 0.15) is 30.2 Å². The molecule has 11 heteroatoms. The van der Waals surface area contributed by atoms with Crippen LogP contribution in [0.25, 0.3) is 11.0 Å². The summed E-state index contributed by atoms with van der Waals surface area (Å²) in [4.78, 5) is 20.9. The number of nitro groups is 2. The highest BCUT2D eigenvalue weighted by atomic mass is 16.6. The first-order chi connectivity index (χ1) is 15.0. The Morgan fingerprint density at radius 2 is 1.74 bits per heavy atom. The van der Waals surface area contributed by atoms with Crippen molar-refractivity contribution in [3.05, 3.63) is 61.9 Å². The monoisotopic (exact) mass is 424 g/mol. The van der Waals surface area contributed by atoms with Gasteiger partial charge in [0.2, 0.25) is 0 Å². The highest BCUT2D eigenvalue weighted by molar-refractivity contribution is 6.12. The molecule has 158 valence electrons. The van der Waals surface area contributed by atoms with Gasteiger partial charge in [-0.3, -0.25) is 25.7 Å². The average molecular weight is 424 g/mol. The Hall–Kier alpha value is -4.15. The highest BCUT2D eigenvalue weighted by Crippen LogP contribution is 2.40. The molecule has 5 rings (SSSR count). The van der Waals surface area contributed by atoms with Gasteiger partial charge in [-0.2, -0.15) is 5.10 Å². The minimum absolute atomic E-state index is 0.0668. The van der Waals surface area contributed by atoms with E-state index in [0.29, 0.717) is 42.4 Å². The molecular weight excluding hydrogens is 408 g/mol. The molecule has 0 unspecified atom stereocenters. The molecule has 0 amide bonds. The second-order valence-electron chi connectivity index (χ2n) is 7.13. The summed E-state index contributed by atoms with van der Waals surface area (Å²) in [5.74, 6) is 2.04. The Balaban J connectivity index is 1.54. The van der Waals surface area contributed by atoms with E-state index < -0.39 is 15.5 Å². The minimum atomic E-state index is -0.682. The molecule has 2 heterocycles. The fourth-order valence-electron chi connectivity index (χ4n) is 3.84. The third-order valence-corrected chi connectivity index (χ3v) is 5.23. The van der Waals surface area contributed by atoms with Crippen molar-refractivity contribution < 1.29 is 23.7 Å². The number of nitro benzene ring substituents is 2. The lowest BCUT2D eigenvalue weighted by atomic mass is 9.94. The predicted octanol–water partition coefficient (Wildman–Crippen LogP) is 4.17. The van der Waals surface area contributed by atoms with E-state index in [1.54, 1.807) is 6.07 Å². The summed E-state index contributed by atoms with van der Waals surface area (Å²) in [6.45, 7) is 0.939. The largest absolute Gasteiger partial charge is 0.486 e. The van der Waals surface area contributed by atoms with Crippen LogP contribution in [0.15, 0.2) is 39.9 Å². The molecule has 2 aromatic carbocycles. The maximum absolute atomic E-state index is 11.4. The van der Waals surface area contributed by atoms with E-state index in [-0.39, 0.29) is 11.4 Å². The molecule has 0 saturated carbocycles. The van der Waals surface area contributed by atoms with E-state index >= 15 is 0 Å². The topological polar surface area (TPSA) is 142 Å². The van der Waals surface area contributed by atoms with Crippen LogP contribution in [0, 0.1) is 20.2 Å². The average Bonchev–Trinajstić information content (AvgIpc) is 3.13. The van der Waals surface area contributed by atoms with Gasteiger partial charge in [-0.25, -0.2) is 0 Å². The number of furan rings is 1. The van der Waals surface area contributed by atoms with Crippen LogP contribution < -0.4 is 14.9 Å². The summed E-state index contributed by atoms with van der Waals surface area (Å²) in [5.41, 5.74) is 4.16. The number of rotatable bonds is 4. The quantitative estimate of drug-likeness (QED) is 0.485. The number of aryl methyl sites for hydroxylation is 1. The molecule has 0 atom stereocenters. The number of ether oxygens (including phenoxy) is 2. The summed E-state index contributed by atoms with van der Waals surface area (Å²) >= 11 is 0. The zero-order valence-corrected chi connectivity index (χ0v) is 16.1. The number of non-ortho nitro benzene ring substituents is 1. The number of hydrogen-bond acceptors (Lipinski definition) is 9. The molecule has 0 spiro atoms. The van der Waals surface area contributed by atoms with E-state index in [9.17, 15) is 20.2 Å². The summed E-state index contributed by atoms with van der Waals surface area (Å²) in [7, 11) is 0. The first-order valence-corrected chi connectivity index (χ1v) is 9.62. The van der Waals surface area contributed by atoms with Crippen LogP contribution in [0.5, 0.6) is 11.5 Å². The van der Waals surface area contributed by atoms with Crippen LogP contribution in [0.2, 0.25) is 0 Å². The zero-order chi connectivity index (χ0) is 21.5. The van der Waals surface area contributed by atoms with Gasteiger partial charge in [-0.15, -0.1) is 0 Å². The molecule has 2 aliphatic rings. The van der Waals surface area contributed by atoms with Crippen molar-refractivity contribution in [2.45, 2.75) is 19.3 Å². The molecule has 0 saturated heterocycles. The van der Waals surface area contributed by atoms with Crippen molar-refractivity contribution in [1.29, 1.82) is 0 Å². The summed E-state index contributed by atoms with van der Waals surface area (Å²) < 4.78 is 17.3. The van der Waals surface area contributed by atoms with Crippen LogP contribution in [-0.2, 0) is 6.42 Å². The molecule has 1 aliphatic heterocycles. The number of hydrazone groups is 1. The highest BCUT2D eigenvalue weighted by Gasteiger charge is 2.26. The van der Waals surface area contributed by atoms with Gasteiger partial charge < -0.3 is 13.9 Å².